The molecule has 0 aliphatic carbocycles. The summed E-state index contributed by atoms with van der Waals surface area (Å²) in [5.74, 6) is -1.00. The van der Waals surface area contributed by atoms with Crippen molar-refractivity contribution in [1.82, 2.24) is 10.0 Å². The van der Waals surface area contributed by atoms with Gasteiger partial charge in [-0.05, 0) is 35.1 Å². The number of para-hydroxylation sites is 1. The zero-order valence-corrected chi connectivity index (χ0v) is 21.5. The molecule has 0 fully saturated rings. The summed E-state index contributed by atoms with van der Waals surface area (Å²) in [4.78, 5) is 28.6. The topological polar surface area (TPSA) is 145 Å². The van der Waals surface area contributed by atoms with Crippen LogP contribution in [0.3, 0.4) is 0 Å². The number of carbonyl (C=O) groups is 2. The van der Waals surface area contributed by atoms with E-state index in [1.54, 1.807) is 48.5 Å². The molecule has 0 saturated carbocycles. The van der Waals surface area contributed by atoms with Crippen molar-refractivity contribution in [1.29, 1.82) is 5.41 Å². The Morgan fingerprint density at radius 2 is 1.68 bits per heavy atom. The summed E-state index contributed by atoms with van der Waals surface area (Å²) in [6.07, 6.45) is 1.17. The highest BCUT2D eigenvalue weighted by molar-refractivity contribution is 7.88. The molecular weight excluding hydrogens is 502 g/mol. The van der Waals surface area contributed by atoms with Crippen LogP contribution in [0.4, 0.5) is 5.69 Å². The number of amidine groups is 1. The molecule has 3 aromatic rings. The molecule has 0 aromatic heterocycles. The lowest BCUT2D eigenvalue weighted by Gasteiger charge is -2.28. The minimum Gasteiger partial charge on any atom is -0.384 e. The van der Waals surface area contributed by atoms with Gasteiger partial charge in [0.15, 0.2) is 0 Å². The van der Waals surface area contributed by atoms with Crippen LogP contribution in [0.25, 0.3) is 0 Å². The highest BCUT2D eigenvalue weighted by atomic mass is 32.2. The predicted molar refractivity (Wildman–Crippen MR) is 145 cm³/mol. The number of anilines is 1. The first-order chi connectivity index (χ1) is 18.2. The minimum absolute atomic E-state index is 0.0336. The van der Waals surface area contributed by atoms with Crippen LogP contribution in [-0.2, 0) is 44.8 Å². The highest BCUT2D eigenvalue weighted by Gasteiger charge is 2.44. The van der Waals surface area contributed by atoms with Gasteiger partial charge in [0.1, 0.15) is 17.9 Å². The van der Waals surface area contributed by atoms with Crippen molar-refractivity contribution in [3.05, 3.63) is 101 Å². The summed E-state index contributed by atoms with van der Waals surface area (Å²) in [5.41, 5.74) is 10.1. The lowest BCUT2D eigenvalue weighted by molar-refractivity contribution is -0.126. The maximum atomic E-state index is 13.8. The van der Waals surface area contributed by atoms with Gasteiger partial charge in [0.2, 0.25) is 21.8 Å². The Morgan fingerprint density at radius 1 is 0.974 bits per heavy atom. The Hall–Kier alpha value is -4.02. The number of benzene rings is 3. The number of nitrogens with zero attached hydrogens (tertiary/aromatic N) is 1. The summed E-state index contributed by atoms with van der Waals surface area (Å²) in [7, 11) is -3.80. The number of aryl methyl sites for hydroxylation is 1. The molecule has 10 heteroatoms. The van der Waals surface area contributed by atoms with Crippen molar-refractivity contribution in [2.24, 2.45) is 5.73 Å². The zero-order valence-electron chi connectivity index (χ0n) is 20.7. The number of amides is 2. The van der Waals surface area contributed by atoms with E-state index in [0.29, 0.717) is 36.1 Å². The molecule has 2 heterocycles. The van der Waals surface area contributed by atoms with Gasteiger partial charge in [-0.1, -0.05) is 72.8 Å². The summed E-state index contributed by atoms with van der Waals surface area (Å²) >= 11 is 0. The number of sulfonamides is 1. The molecule has 9 nitrogen and oxygen atoms in total. The molecular formula is C28H29N5O4S. The van der Waals surface area contributed by atoms with E-state index >= 15 is 0 Å². The predicted octanol–water partition coefficient (Wildman–Crippen LogP) is 1.98. The van der Waals surface area contributed by atoms with Gasteiger partial charge in [-0.15, -0.1) is 0 Å². The molecule has 2 aliphatic heterocycles. The van der Waals surface area contributed by atoms with Crippen molar-refractivity contribution in [3.63, 3.8) is 0 Å². The fraction of sp³-hybridized carbons (Fsp3) is 0.250. The van der Waals surface area contributed by atoms with Gasteiger partial charge in [-0.3, -0.25) is 19.9 Å². The minimum atomic E-state index is -3.80. The van der Waals surface area contributed by atoms with Crippen molar-refractivity contribution >= 4 is 33.4 Å². The normalized spacial score (nSPS) is 18.5. The van der Waals surface area contributed by atoms with E-state index in [-0.39, 0.29) is 24.0 Å². The Kier molecular flexibility index (Phi) is 7.00. The van der Waals surface area contributed by atoms with Crippen LogP contribution < -0.4 is 20.7 Å². The summed E-state index contributed by atoms with van der Waals surface area (Å²) in [6.45, 7) is 0.242. The molecule has 38 heavy (non-hydrogen) atoms. The van der Waals surface area contributed by atoms with Gasteiger partial charge >= 0.3 is 0 Å². The third-order valence-corrected chi connectivity index (χ3v) is 8.32. The first kappa shape index (κ1) is 25.6. The lowest BCUT2D eigenvalue weighted by atomic mass is 10.0. The van der Waals surface area contributed by atoms with Crippen LogP contribution in [-0.4, -0.2) is 38.2 Å². The summed E-state index contributed by atoms with van der Waals surface area (Å²) in [6, 6.07) is 19.8. The van der Waals surface area contributed by atoms with Crippen LogP contribution in [0.2, 0.25) is 0 Å². The molecule has 0 bridgehead atoms. The van der Waals surface area contributed by atoms with Crippen molar-refractivity contribution in [2.45, 2.75) is 43.6 Å². The van der Waals surface area contributed by atoms with Crippen molar-refractivity contribution in [3.8, 4) is 0 Å². The first-order valence-electron chi connectivity index (χ1n) is 12.4. The van der Waals surface area contributed by atoms with Gasteiger partial charge in [0.25, 0.3) is 0 Å². The monoisotopic (exact) mass is 531 g/mol. The first-order valence-corrected chi connectivity index (χ1v) is 14.1. The van der Waals surface area contributed by atoms with Gasteiger partial charge in [0.05, 0.1) is 11.4 Å². The second-order valence-corrected chi connectivity index (χ2v) is 11.4. The second-order valence-electron chi connectivity index (χ2n) is 9.64. The van der Waals surface area contributed by atoms with Crippen LogP contribution in [0.5, 0.6) is 0 Å². The maximum absolute atomic E-state index is 13.8. The average Bonchev–Trinajstić information content (AvgIpc) is 3.24. The fourth-order valence-electron chi connectivity index (χ4n) is 5.11. The van der Waals surface area contributed by atoms with E-state index in [1.807, 2.05) is 24.3 Å². The molecule has 2 atom stereocenters. The number of nitrogens with one attached hydrogen (secondary N) is 3. The number of nitrogens with two attached hydrogens (primary N) is 1. The van der Waals surface area contributed by atoms with E-state index in [4.69, 9.17) is 11.1 Å². The summed E-state index contributed by atoms with van der Waals surface area (Å²) < 4.78 is 28.5. The standard InChI is InChI=1S/C28H29N5O4S/c29-26(30)21-11-9-18(10-12-21)16-31-27(34)24-15-22-8-4-7-20-13-14-23(28(35)33(24)25(20)22)32-38(36,37)17-19-5-2-1-3-6-19/h1-12,23-24,32H,13-17H2,(H3,29,30)(H,31,34). The molecule has 5 N–H and O–H groups in total. The largest absolute Gasteiger partial charge is 0.384 e. The Morgan fingerprint density at radius 3 is 2.39 bits per heavy atom. The van der Waals surface area contributed by atoms with Crippen LogP contribution in [0.15, 0.2) is 72.8 Å². The zero-order chi connectivity index (χ0) is 26.9. The van der Waals surface area contributed by atoms with Gasteiger partial charge < -0.3 is 11.1 Å². The van der Waals surface area contributed by atoms with E-state index in [0.717, 1.165) is 16.7 Å². The molecule has 2 amide bonds. The summed E-state index contributed by atoms with van der Waals surface area (Å²) in [5, 5.41) is 10.4. The quantitative estimate of drug-likeness (QED) is 0.259. The number of rotatable bonds is 8. The molecule has 2 unspecified atom stereocenters. The van der Waals surface area contributed by atoms with Gasteiger partial charge in [-0.25, -0.2) is 13.1 Å². The van der Waals surface area contributed by atoms with Crippen LogP contribution in [0, 0.1) is 5.41 Å². The van der Waals surface area contributed by atoms with Crippen LogP contribution in [0.1, 0.15) is 34.2 Å². The average molecular weight is 532 g/mol. The highest BCUT2D eigenvalue weighted by Crippen LogP contribution is 2.39. The SMILES string of the molecule is N=C(N)c1ccc(CNC(=O)C2Cc3cccc4c3N2C(=O)C(NS(=O)(=O)Cc2ccccc2)CC4)cc1. The fourth-order valence-corrected chi connectivity index (χ4v) is 6.48. The number of carbonyl (C=O) groups excluding carboxylic acids is 2. The van der Waals surface area contributed by atoms with E-state index < -0.39 is 28.0 Å². The third kappa shape index (κ3) is 5.32. The van der Waals surface area contributed by atoms with E-state index in [9.17, 15) is 18.0 Å². The van der Waals surface area contributed by atoms with Crippen LogP contribution >= 0.6 is 0 Å². The van der Waals surface area contributed by atoms with Crippen molar-refractivity contribution in [2.75, 3.05) is 4.90 Å². The maximum Gasteiger partial charge on any atom is 0.245 e. The Balaban J connectivity index is 1.35. The van der Waals surface area contributed by atoms with Gasteiger partial charge in [-0.2, -0.15) is 0 Å². The number of hydrogen-bond acceptors (Lipinski definition) is 5. The van der Waals surface area contributed by atoms with E-state index in [1.165, 1.54) is 4.90 Å². The molecule has 5 rings (SSSR count). The molecule has 0 saturated heterocycles. The molecule has 196 valence electrons. The van der Waals surface area contributed by atoms with E-state index in [2.05, 4.69) is 10.0 Å². The lowest BCUT2D eigenvalue weighted by Crippen LogP contribution is -2.54. The molecule has 0 spiro atoms. The molecule has 2 aliphatic rings. The molecule has 0 radical (unpaired) electrons. The van der Waals surface area contributed by atoms with Gasteiger partial charge in [0, 0.05) is 18.5 Å². The number of hydrogen-bond donors (Lipinski definition) is 4. The Labute approximate surface area is 221 Å². The third-order valence-electron chi connectivity index (χ3n) is 6.96. The van der Waals surface area contributed by atoms with Crippen molar-refractivity contribution < 1.29 is 18.0 Å². The number of nitrogen functional groups attached to an aromatic ring is 1. The smallest absolute Gasteiger partial charge is 0.245 e. The molecule has 3 aromatic carbocycles. The second kappa shape index (κ2) is 10.4. The Bertz CT molecular complexity index is 1490.